The van der Waals surface area contributed by atoms with E-state index in [9.17, 15) is 9.59 Å². The third kappa shape index (κ3) is 3.97. The minimum absolute atomic E-state index is 0.0587. The lowest BCUT2D eigenvalue weighted by atomic mass is 9.85. The Balaban J connectivity index is 1.67. The molecule has 3 rings (SSSR count). The second-order valence-corrected chi connectivity index (χ2v) is 7.61. The van der Waals surface area contributed by atoms with Crippen LogP contribution in [0.4, 0.5) is 4.79 Å². The molecule has 1 aliphatic heterocycles. The van der Waals surface area contributed by atoms with Gasteiger partial charge in [0.25, 0.3) is 0 Å². The summed E-state index contributed by atoms with van der Waals surface area (Å²) in [6.45, 7) is 5.41. The predicted octanol–water partition coefficient (Wildman–Crippen LogP) is 3.69. The van der Waals surface area contributed by atoms with Gasteiger partial charge in [0.15, 0.2) is 0 Å². The number of urea groups is 1. The van der Waals surface area contributed by atoms with Crippen molar-refractivity contribution in [1.82, 2.24) is 10.2 Å². The number of carbonyl (C=O) groups is 2. The normalized spacial score (nSPS) is 21.1. The Hall–Kier alpha value is -2.04. The second kappa shape index (κ2) is 7.46. The van der Waals surface area contributed by atoms with Crippen molar-refractivity contribution in [3.63, 3.8) is 0 Å². The van der Waals surface area contributed by atoms with Gasteiger partial charge in [-0.2, -0.15) is 0 Å². The van der Waals surface area contributed by atoms with E-state index in [4.69, 9.17) is 5.11 Å². The molecule has 1 aromatic carbocycles. The van der Waals surface area contributed by atoms with Crippen LogP contribution in [0.2, 0.25) is 0 Å². The summed E-state index contributed by atoms with van der Waals surface area (Å²) in [6, 6.07) is 6.66. The minimum atomic E-state index is -0.748. The van der Waals surface area contributed by atoms with E-state index in [1.54, 1.807) is 4.90 Å². The molecule has 0 radical (unpaired) electrons. The quantitative estimate of drug-likeness (QED) is 0.878. The number of rotatable bonds is 3. The molecule has 1 aliphatic carbocycles. The van der Waals surface area contributed by atoms with E-state index in [0.29, 0.717) is 31.8 Å². The molecule has 0 spiro atoms. The van der Waals surface area contributed by atoms with Crippen molar-refractivity contribution in [3.8, 4) is 0 Å². The summed E-state index contributed by atoms with van der Waals surface area (Å²) in [5, 5.41) is 12.3. The molecule has 1 heterocycles. The summed E-state index contributed by atoms with van der Waals surface area (Å²) in [5.41, 5.74) is 3.90. The van der Waals surface area contributed by atoms with Crippen molar-refractivity contribution in [3.05, 3.63) is 34.9 Å². The Morgan fingerprint density at radius 3 is 2.56 bits per heavy atom. The molecule has 1 fully saturated rings. The second-order valence-electron chi connectivity index (χ2n) is 7.61. The van der Waals surface area contributed by atoms with Crippen molar-refractivity contribution in [2.45, 2.75) is 57.9 Å². The maximum Gasteiger partial charge on any atom is 0.317 e. The fourth-order valence-electron chi connectivity index (χ4n) is 3.90. The average Bonchev–Trinajstić information content (AvgIpc) is 2.61. The van der Waals surface area contributed by atoms with Crippen LogP contribution < -0.4 is 5.32 Å². The van der Waals surface area contributed by atoms with Crippen molar-refractivity contribution in [2.24, 2.45) is 5.92 Å². The fourth-order valence-corrected chi connectivity index (χ4v) is 3.90. The van der Waals surface area contributed by atoms with Gasteiger partial charge >= 0.3 is 12.0 Å². The SMILES string of the molecule is CC(C)c1ccc2c(c1)[C@H](NC(=O)N1CCC(C(=O)O)CC1)CCC2. The topological polar surface area (TPSA) is 69.6 Å². The van der Waals surface area contributed by atoms with Crippen LogP contribution in [0.5, 0.6) is 0 Å². The molecule has 25 heavy (non-hydrogen) atoms. The molecule has 1 saturated heterocycles. The Kier molecular flexibility index (Phi) is 5.30. The number of hydrogen-bond donors (Lipinski definition) is 2. The number of aliphatic carboxylic acids is 1. The van der Waals surface area contributed by atoms with Crippen LogP contribution in [0.25, 0.3) is 0 Å². The summed E-state index contributed by atoms with van der Waals surface area (Å²) in [4.78, 5) is 25.5. The monoisotopic (exact) mass is 344 g/mol. The molecule has 2 N–H and O–H groups in total. The lowest BCUT2D eigenvalue weighted by molar-refractivity contribution is -0.143. The third-order valence-corrected chi connectivity index (χ3v) is 5.58. The number of benzene rings is 1. The molecule has 5 nitrogen and oxygen atoms in total. The number of aryl methyl sites for hydroxylation is 1. The van der Waals surface area contributed by atoms with Crippen LogP contribution in [-0.2, 0) is 11.2 Å². The minimum Gasteiger partial charge on any atom is -0.481 e. The van der Waals surface area contributed by atoms with Gasteiger partial charge in [0, 0.05) is 13.1 Å². The summed E-state index contributed by atoms with van der Waals surface area (Å²) < 4.78 is 0. The van der Waals surface area contributed by atoms with Crippen molar-refractivity contribution in [2.75, 3.05) is 13.1 Å². The maximum absolute atomic E-state index is 12.6. The largest absolute Gasteiger partial charge is 0.481 e. The number of fused-ring (bicyclic) bond motifs is 1. The van der Waals surface area contributed by atoms with E-state index in [1.165, 1.54) is 16.7 Å². The summed E-state index contributed by atoms with van der Waals surface area (Å²) in [6.07, 6.45) is 4.21. The summed E-state index contributed by atoms with van der Waals surface area (Å²) in [7, 11) is 0. The first-order valence-electron chi connectivity index (χ1n) is 9.36. The number of carboxylic acids is 1. The van der Waals surface area contributed by atoms with Crippen LogP contribution in [0.1, 0.15) is 68.2 Å². The number of amides is 2. The van der Waals surface area contributed by atoms with E-state index in [1.807, 2.05) is 0 Å². The van der Waals surface area contributed by atoms with Crippen LogP contribution >= 0.6 is 0 Å². The van der Waals surface area contributed by atoms with Crippen molar-refractivity contribution in [1.29, 1.82) is 0 Å². The molecule has 2 aliphatic rings. The number of carbonyl (C=O) groups excluding carboxylic acids is 1. The molecule has 0 bridgehead atoms. The first-order chi connectivity index (χ1) is 12.0. The molecule has 0 saturated carbocycles. The molecule has 5 heteroatoms. The zero-order valence-corrected chi connectivity index (χ0v) is 15.1. The molecule has 1 aromatic rings. The molecule has 0 aromatic heterocycles. The predicted molar refractivity (Wildman–Crippen MR) is 96.7 cm³/mol. The Morgan fingerprint density at radius 1 is 1.20 bits per heavy atom. The van der Waals surface area contributed by atoms with Gasteiger partial charge in [-0.05, 0) is 54.7 Å². The fraction of sp³-hybridized carbons (Fsp3) is 0.600. The highest BCUT2D eigenvalue weighted by Crippen LogP contribution is 2.32. The number of nitrogens with zero attached hydrogens (tertiary/aromatic N) is 1. The van der Waals surface area contributed by atoms with Gasteiger partial charge in [-0.25, -0.2) is 4.79 Å². The van der Waals surface area contributed by atoms with E-state index < -0.39 is 5.97 Å². The lowest BCUT2D eigenvalue weighted by Crippen LogP contribution is -2.46. The van der Waals surface area contributed by atoms with Gasteiger partial charge < -0.3 is 15.3 Å². The van der Waals surface area contributed by atoms with Gasteiger partial charge in [0.1, 0.15) is 0 Å². The molecule has 0 unspecified atom stereocenters. The van der Waals surface area contributed by atoms with E-state index in [-0.39, 0.29) is 18.0 Å². The smallest absolute Gasteiger partial charge is 0.317 e. The maximum atomic E-state index is 12.6. The zero-order chi connectivity index (χ0) is 18.0. The highest BCUT2D eigenvalue weighted by atomic mass is 16.4. The highest BCUT2D eigenvalue weighted by molar-refractivity contribution is 5.76. The van der Waals surface area contributed by atoms with Crippen LogP contribution in [0.15, 0.2) is 18.2 Å². The molecule has 2 amide bonds. The molecular formula is C20H28N2O3. The van der Waals surface area contributed by atoms with Crippen molar-refractivity contribution >= 4 is 12.0 Å². The molecular weight excluding hydrogens is 316 g/mol. The number of likely N-dealkylation sites (tertiary alicyclic amines) is 1. The lowest BCUT2D eigenvalue weighted by Gasteiger charge is -2.33. The van der Waals surface area contributed by atoms with Crippen LogP contribution in [-0.4, -0.2) is 35.1 Å². The highest BCUT2D eigenvalue weighted by Gasteiger charge is 2.29. The Labute approximate surface area is 149 Å². The number of carboxylic acid groups (broad SMARTS) is 1. The number of nitrogens with one attached hydrogen (secondary N) is 1. The van der Waals surface area contributed by atoms with Gasteiger partial charge in [-0.1, -0.05) is 32.0 Å². The zero-order valence-electron chi connectivity index (χ0n) is 15.1. The van der Waals surface area contributed by atoms with E-state index in [2.05, 4.69) is 37.4 Å². The Bertz CT molecular complexity index is 648. The standard InChI is InChI=1S/C20H28N2O3/c1-13(2)16-7-6-14-4-3-5-18(17(14)12-16)21-20(25)22-10-8-15(9-11-22)19(23)24/h6-7,12-13,15,18H,3-5,8-11H2,1-2H3,(H,21,25)(H,23,24)/t18-/m1/s1. The first-order valence-corrected chi connectivity index (χ1v) is 9.36. The Morgan fingerprint density at radius 2 is 1.92 bits per heavy atom. The summed E-state index contributed by atoms with van der Waals surface area (Å²) in [5.74, 6) is -0.589. The van der Waals surface area contributed by atoms with E-state index in [0.717, 1.165) is 19.3 Å². The van der Waals surface area contributed by atoms with Crippen molar-refractivity contribution < 1.29 is 14.7 Å². The van der Waals surface area contributed by atoms with Crippen LogP contribution in [0, 0.1) is 5.92 Å². The van der Waals surface area contributed by atoms with E-state index >= 15 is 0 Å². The van der Waals surface area contributed by atoms with Gasteiger partial charge in [0.05, 0.1) is 12.0 Å². The number of hydrogen-bond acceptors (Lipinski definition) is 2. The van der Waals surface area contributed by atoms with Crippen LogP contribution in [0.3, 0.4) is 0 Å². The molecule has 1 atom stereocenters. The number of piperidine rings is 1. The first kappa shape index (κ1) is 17.8. The third-order valence-electron chi connectivity index (χ3n) is 5.58. The average molecular weight is 344 g/mol. The van der Waals surface area contributed by atoms with Gasteiger partial charge in [0.2, 0.25) is 0 Å². The molecule has 136 valence electrons. The van der Waals surface area contributed by atoms with Gasteiger partial charge in [-0.15, -0.1) is 0 Å². The van der Waals surface area contributed by atoms with Gasteiger partial charge in [-0.3, -0.25) is 4.79 Å². The summed E-state index contributed by atoms with van der Waals surface area (Å²) >= 11 is 0.